The molecule has 0 aromatic carbocycles. The van der Waals surface area contributed by atoms with Crippen LogP contribution in [-0.4, -0.2) is 37.1 Å². The van der Waals surface area contributed by atoms with Gasteiger partial charge in [-0.05, 0) is 24.7 Å². The van der Waals surface area contributed by atoms with Gasteiger partial charge in [-0.3, -0.25) is 4.79 Å². The second-order valence-corrected chi connectivity index (χ2v) is 4.69. The average Bonchev–Trinajstić information content (AvgIpc) is 2.66. The number of ether oxygens (including phenoxy) is 1. The monoisotopic (exact) mass is 213 g/mol. The van der Waals surface area contributed by atoms with Crippen LogP contribution in [-0.2, 0) is 9.53 Å². The van der Waals surface area contributed by atoms with Gasteiger partial charge in [0.05, 0.1) is 0 Å². The Kier molecular flexibility index (Phi) is 5.09. The minimum Gasteiger partial charge on any atom is -0.372 e. The summed E-state index contributed by atoms with van der Waals surface area (Å²) in [6, 6.07) is 0. The maximum Gasteiger partial charge on any atom is 0.248 e. The van der Waals surface area contributed by atoms with Crippen molar-refractivity contribution in [1.82, 2.24) is 4.90 Å². The van der Waals surface area contributed by atoms with E-state index in [1.165, 1.54) is 0 Å². The second-order valence-electron chi connectivity index (χ2n) is 4.69. The molecule has 0 bridgehead atoms. The number of nitrogens with zero attached hydrogens (tertiary/aromatic N) is 1. The molecule has 1 aliphatic rings. The molecule has 15 heavy (non-hydrogen) atoms. The minimum absolute atomic E-state index is 0.159. The van der Waals surface area contributed by atoms with Crippen LogP contribution in [0.3, 0.4) is 0 Å². The van der Waals surface area contributed by atoms with Crippen molar-refractivity contribution in [3.63, 3.8) is 0 Å². The van der Waals surface area contributed by atoms with Crippen molar-refractivity contribution in [3.05, 3.63) is 0 Å². The zero-order valence-electron chi connectivity index (χ0n) is 10.2. The van der Waals surface area contributed by atoms with Gasteiger partial charge in [0, 0.05) is 19.7 Å². The number of likely N-dealkylation sites (tertiary alicyclic amines) is 1. The molecule has 1 aliphatic heterocycles. The van der Waals surface area contributed by atoms with Gasteiger partial charge in [-0.25, -0.2) is 0 Å². The van der Waals surface area contributed by atoms with Gasteiger partial charge < -0.3 is 9.64 Å². The van der Waals surface area contributed by atoms with E-state index in [0.29, 0.717) is 18.4 Å². The van der Waals surface area contributed by atoms with Gasteiger partial charge in [0.15, 0.2) is 0 Å². The van der Waals surface area contributed by atoms with Crippen molar-refractivity contribution in [2.45, 2.75) is 33.6 Å². The molecule has 88 valence electrons. The molecule has 0 aliphatic carbocycles. The van der Waals surface area contributed by atoms with Crippen LogP contribution in [0.5, 0.6) is 0 Å². The molecule has 0 N–H and O–H groups in total. The van der Waals surface area contributed by atoms with Gasteiger partial charge in [0.1, 0.15) is 6.61 Å². The third-order valence-corrected chi connectivity index (χ3v) is 3.09. The van der Waals surface area contributed by atoms with E-state index in [1.807, 2.05) is 4.90 Å². The van der Waals surface area contributed by atoms with E-state index in [4.69, 9.17) is 4.74 Å². The lowest BCUT2D eigenvalue weighted by molar-refractivity contribution is -0.135. The van der Waals surface area contributed by atoms with Gasteiger partial charge in [-0.15, -0.1) is 0 Å². The summed E-state index contributed by atoms with van der Waals surface area (Å²) in [5.41, 5.74) is 0. The third-order valence-electron chi connectivity index (χ3n) is 3.09. The van der Waals surface area contributed by atoms with Crippen molar-refractivity contribution in [3.8, 4) is 0 Å². The Morgan fingerprint density at radius 2 is 2.27 bits per heavy atom. The van der Waals surface area contributed by atoms with E-state index < -0.39 is 0 Å². The molecule has 0 aromatic heterocycles. The smallest absolute Gasteiger partial charge is 0.248 e. The number of hydrogen-bond acceptors (Lipinski definition) is 2. The molecule has 1 atom stereocenters. The molecule has 1 amide bonds. The van der Waals surface area contributed by atoms with E-state index in [-0.39, 0.29) is 12.5 Å². The molecular weight excluding hydrogens is 190 g/mol. The number of carbonyl (C=O) groups is 1. The molecular formula is C12H23NO2. The van der Waals surface area contributed by atoms with E-state index in [9.17, 15) is 4.79 Å². The summed E-state index contributed by atoms with van der Waals surface area (Å²) in [5, 5.41) is 0. The summed E-state index contributed by atoms with van der Waals surface area (Å²) in [4.78, 5) is 13.6. The van der Waals surface area contributed by atoms with E-state index in [2.05, 4.69) is 20.8 Å². The Hall–Kier alpha value is -0.570. The largest absolute Gasteiger partial charge is 0.372 e. The lowest BCUT2D eigenvalue weighted by atomic mass is 9.95. The SMILES string of the molecule is CCCOCC(=O)N1CCC(C(C)C)C1. The molecule has 0 aromatic rings. The highest BCUT2D eigenvalue weighted by Crippen LogP contribution is 2.23. The Bertz CT molecular complexity index is 204. The fourth-order valence-corrected chi connectivity index (χ4v) is 1.95. The molecule has 1 heterocycles. The average molecular weight is 213 g/mol. The standard InChI is InChI=1S/C12H23NO2/c1-4-7-15-9-12(14)13-6-5-11(8-13)10(2)3/h10-11H,4-9H2,1-3H3. The minimum atomic E-state index is 0.159. The van der Waals surface area contributed by atoms with Crippen LogP contribution in [0.2, 0.25) is 0 Å². The first-order valence-corrected chi connectivity index (χ1v) is 6.00. The van der Waals surface area contributed by atoms with Gasteiger partial charge in [0.25, 0.3) is 0 Å². The fourth-order valence-electron chi connectivity index (χ4n) is 1.95. The van der Waals surface area contributed by atoms with Crippen molar-refractivity contribution < 1.29 is 9.53 Å². The fraction of sp³-hybridized carbons (Fsp3) is 0.917. The van der Waals surface area contributed by atoms with Crippen LogP contribution in [0.4, 0.5) is 0 Å². The van der Waals surface area contributed by atoms with Crippen LogP contribution in [0.1, 0.15) is 33.6 Å². The summed E-state index contributed by atoms with van der Waals surface area (Å²) in [6.45, 7) is 9.29. The second kappa shape index (κ2) is 6.11. The van der Waals surface area contributed by atoms with E-state index in [1.54, 1.807) is 0 Å². The molecule has 3 nitrogen and oxygen atoms in total. The topological polar surface area (TPSA) is 29.5 Å². The summed E-state index contributed by atoms with van der Waals surface area (Å²) in [7, 11) is 0. The normalized spacial score (nSPS) is 21.3. The first-order valence-electron chi connectivity index (χ1n) is 6.00. The Morgan fingerprint density at radius 3 is 2.80 bits per heavy atom. The van der Waals surface area contributed by atoms with E-state index >= 15 is 0 Å². The number of hydrogen-bond donors (Lipinski definition) is 0. The summed E-state index contributed by atoms with van der Waals surface area (Å²) in [5.74, 6) is 1.52. The van der Waals surface area contributed by atoms with Gasteiger partial charge in [-0.1, -0.05) is 20.8 Å². The predicted octanol–water partition coefficient (Wildman–Crippen LogP) is 1.92. The summed E-state index contributed by atoms with van der Waals surface area (Å²) in [6.07, 6.45) is 2.12. The highest BCUT2D eigenvalue weighted by atomic mass is 16.5. The molecule has 0 saturated carbocycles. The third kappa shape index (κ3) is 3.82. The lowest BCUT2D eigenvalue weighted by Crippen LogP contribution is -2.32. The summed E-state index contributed by atoms with van der Waals surface area (Å²) < 4.78 is 5.26. The number of rotatable bonds is 5. The Labute approximate surface area is 92.8 Å². The van der Waals surface area contributed by atoms with Gasteiger partial charge >= 0.3 is 0 Å². The Morgan fingerprint density at radius 1 is 1.53 bits per heavy atom. The van der Waals surface area contributed by atoms with Crippen LogP contribution in [0.25, 0.3) is 0 Å². The maximum absolute atomic E-state index is 11.7. The molecule has 1 unspecified atom stereocenters. The summed E-state index contributed by atoms with van der Waals surface area (Å²) >= 11 is 0. The highest BCUT2D eigenvalue weighted by molar-refractivity contribution is 5.77. The zero-order chi connectivity index (χ0) is 11.3. The first kappa shape index (κ1) is 12.5. The predicted molar refractivity (Wildman–Crippen MR) is 60.6 cm³/mol. The van der Waals surface area contributed by atoms with Crippen molar-refractivity contribution in [2.24, 2.45) is 11.8 Å². The molecule has 3 heteroatoms. The van der Waals surface area contributed by atoms with Crippen molar-refractivity contribution >= 4 is 5.91 Å². The van der Waals surface area contributed by atoms with Gasteiger partial charge in [0.2, 0.25) is 5.91 Å². The van der Waals surface area contributed by atoms with Crippen LogP contribution in [0.15, 0.2) is 0 Å². The first-order chi connectivity index (χ1) is 7.15. The quantitative estimate of drug-likeness (QED) is 0.653. The zero-order valence-corrected chi connectivity index (χ0v) is 10.2. The van der Waals surface area contributed by atoms with Crippen LogP contribution >= 0.6 is 0 Å². The molecule has 1 rings (SSSR count). The molecule has 0 spiro atoms. The number of amides is 1. The number of carbonyl (C=O) groups excluding carboxylic acids is 1. The molecule has 0 radical (unpaired) electrons. The molecule has 1 fully saturated rings. The highest BCUT2D eigenvalue weighted by Gasteiger charge is 2.27. The Balaban J connectivity index is 2.24. The van der Waals surface area contributed by atoms with Crippen LogP contribution < -0.4 is 0 Å². The van der Waals surface area contributed by atoms with Gasteiger partial charge in [-0.2, -0.15) is 0 Å². The molecule has 1 saturated heterocycles. The lowest BCUT2D eigenvalue weighted by Gasteiger charge is -2.18. The maximum atomic E-state index is 11.7. The van der Waals surface area contributed by atoms with Crippen LogP contribution in [0, 0.1) is 11.8 Å². The van der Waals surface area contributed by atoms with Crippen molar-refractivity contribution in [1.29, 1.82) is 0 Å². The van der Waals surface area contributed by atoms with E-state index in [0.717, 1.165) is 25.9 Å². The van der Waals surface area contributed by atoms with Crippen molar-refractivity contribution in [2.75, 3.05) is 26.3 Å².